The molecule has 5 nitrogen and oxygen atoms in total. The minimum absolute atomic E-state index is 0.149. The number of ketones is 1. The Balaban J connectivity index is 2.14. The van der Waals surface area contributed by atoms with Gasteiger partial charge in [-0.15, -0.1) is 0 Å². The fraction of sp³-hybridized carbons (Fsp3) is 0.400. The Kier molecular flexibility index (Phi) is 4.17. The molecule has 0 spiro atoms. The Labute approximate surface area is 117 Å². The fourth-order valence-electron chi connectivity index (χ4n) is 2.06. The molecule has 5 heteroatoms. The van der Waals surface area contributed by atoms with E-state index in [1.54, 1.807) is 31.2 Å². The average molecular weight is 275 g/mol. The molecule has 1 aliphatic heterocycles. The highest BCUT2D eigenvalue weighted by atomic mass is 16.7. The second-order valence-corrected chi connectivity index (χ2v) is 4.57. The fourth-order valence-corrected chi connectivity index (χ4v) is 2.06. The summed E-state index contributed by atoms with van der Waals surface area (Å²) in [6.07, 6.45) is 0.553. The molecular formula is C15H17NO4. The monoisotopic (exact) mass is 275 g/mol. The number of hydrogen-bond acceptors (Lipinski definition) is 5. The molecule has 1 unspecified atom stereocenters. The zero-order valence-corrected chi connectivity index (χ0v) is 11.6. The highest BCUT2D eigenvalue weighted by Gasteiger charge is 2.48. The van der Waals surface area contributed by atoms with Gasteiger partial charge in [0.15, 0.2) is 0 Å². The summed E-state index contributed by atoms with van der Waals surface area (Å²) in [7, 11) is 0. The molecule has 0 radical (unpaired) electrons. The second-order valence-electron chi connectivity index (χ2n) is 4.57. The SMILES string of the molecule is CCOC(=O)C1(CC)CC(C(=O)c2ccccc2)=NO1. The standard InChI is InChI=1S/C15H17NO4/c1-3-15(14(18)19-4-2)10-12(16-20-15)13(17)11-8-6-5-7-9-11/h5-9H,3-4,10H2,1-2H3. The van der Waals surface area contributed by atoms with Crippen LogP contribution < -0.4 is 0 Å². The van der Waals surface area contributed by atoms with Crippen molar-refractivity contribution in [1.82, 2.24) is 0 Å². The van der Waals surface area contributed by atoms with Crippen LogP contribution in [0.25, 0.3) is 0 Å². The zero-order valence-electron chi connectivity index (χ0n) is 11.6. The van der Waals surface area contributed by atoms with Crippen molar-refractivity contribution in [3.05, 3.63) is 35.9 Å². The lowest BCUT2D eigenvalue weighted by atomic mass is 9.91. The van der Waals surface area contributed by atoms with Crippen LogP contribution in [-0.2, 0) is 14.4 Å². The normalized spacial score (nSPS) is 21.0. The number of carbonyl (C=O) groups is 2. The molecule has 0 fully saturated rings. The lowest BCUT2D eigenvalue weighted by Crippen LogP contribution is -2.40. The van der Waals surface area contributed by atoms with Gasteiger partial charge in [-0.25, -0.2) is 4.79 Å². The van der Waals surface area contributed by atoms with Crippen molar-refractivity contribution in [1.29, 1.82) is 0 Å². The second kappa shape index (κ2) is 5.86. The molecule has 0 saturated heterocycles. The average Bonchev–Trinajstić information content (AvgIpc) is 2.93. The maximum atomic E-state index is 12.3. The van der Waals surface area contributed by atoms with Crippen LogP contribution in [0.1, 0.15) is 37.0 Å². The predicted molar refractivity (Wildman–Crippen MR) is 73.6 cm³/mol. The van der Waals surface area contributed by atoms with Gasteiger partial charge in [-0.2, -0.15) is 0 Å². The number of esters is 1. The molecule has 0 bridgehead atoms. The van der Waals surface area contributed by atoms with Crippen molar-refractivity contribution in [2.75, 3.05) is 6.61 Å². The lowest BCUT2D eigenvalue weighted by molar-refractivity contribution is -0.169. The first-order valence-corrected chi connectivity index (χ1v) is 6.65. The van der Waals surface area contributed by atoms with Crippen molar-refractivity contribution in [2.45, 2.75) is 32.3 Å². The van der Waals surface area contributed by atoms with Crippen LogP contribution in [0.15, 0.2) is 35.5 Å². The highest BCUT2D eigenvalue weighted by molar-refractivity contribution is 6.46. The van der Waals surface area contributed by atoms with E-state index in [0.29, 0.717) is 12.0 Å². The summed E-state index contributed by atoms with van der Waals surface area (Å²) in [6, 6.07) is 8.81. The van der Waals surface area contributed by atoms with Crippen molar-refractivity contribution in [3.8, 4) is 0 Å². The molecule has 0 saturated carbocycles. The number of benzene rings is 1. The van der Waals surface area contributed by atoms with E-state index in [-0.39, 0.29) is 24.5 Å². The van der Waals surface area contributed by atoms with E-state index >= 15 is 0 Å². The molecular weight excluding hydrogens is 258 g/mol. The largest absolute Gasteiger partial charge is 0.463 e. The van der Waals surface area contributed by atoms with Gasteiger partial charge in [-0.05, 0) is 13.3 Å². The maximum Gasteiger partial charge on any atom is 0.353 e. The van der Waals surface area contributed by atoms with Crippen LogP contribution in [-0.4, -0.2) is 29.7 Å². The minimum atomic E-state index is -1.16. The van der Waals surface area contributed by atoms with Gasteiger partial charge in [0.25, 0.3) is 0 Å². The molecule has 20 heavy (non-hydrogen) atoms. The Morgan fingerprint density at radius 1 is 1.30 bits per heavy atom. The molecule has 1 aliphatic rings. The van der Waals surface area contributed by atoms with E-state index in [4.69, 9.17) is 9.57 Å². The van der Waals surface area contributed by atoms with E-state index in [1.165, 1.54) is 0 Å². The zero-order chi connectivity index (χ0) is 14.6. The van der Waals surface area contributed by atoms with E-state index in [9.17, 15) is 9.59 Å². The minimum Gasteiger partial charge on any atom is -0.463 e. The van der Waals surface area contributed by atoms with Gasteiger partial charge in [0.1, 0.15) is 5.71 Å². The van der Waals surface area contributed by atoms with Crippen LogP contribution in [0.4, 0.5) is 0 Å². The summed E-state index contributed by atoms with van der Waals surface area (Å²) in [4.78, 5) is 29.5. The Morgan fingerprint density at radius 3 is 2.60 bits per heavy atom. The van der Waals surface area contributed by atoms with Crippen molar-refractivity contribution < 1.29 is 19.2 Å². The number of nitrogens with zero attached hydrogens (tertiary/aromatic N) is 1. The van der Waals surface area contributed by atoms with Crippen molar-refractivity contribution in [3.63, 3.8) is 0 Å². The van der Waals surface area contributed by atoms with Crippen LogP contribution in [0, 0.1) is 0 Å². The Bertz CT molecular complexity index is 538. The molecule has 106 valence electrons. The third-order valence-corrected chi connectivity index (χ3v) is 3.30. The molecule has 0 aliphatic carbocycles. The van der Waals surface area contributed by atoms with Crippen LogP contribution >= 0.6 is 0 Å². The number of hydrogen-bond donors (Lipinski definition) is 0. The Hall–Kier alpha value is -2.17. The van der Waals surface area contributed by atoms with E-state index in [2.05, 4.69) is 5.16 Å². The summed E-state index contributed by atoms with van der Waals surface area (Å²) in [6.45, 7) is 3.81. The van der Waals surface area contributed by atoms with Crippen molar-refractivity contribution in [2.24, 2.45) is 5.16 Å². The summed E-state index contributed by atoms with van der Waals surface area (Å²) in [5.74, 6) is -0.688. The van der Waals surface area contributed by atoms with E-state index in [0.717, 1.165) is 0 Å². The molecule has 0 aromatic heterocycles. The number of oxime groups is 1. The van der Waals surface area contributed by atoms with Crippen molar-refractivity contribution >= 4 is 17.5 Å². The topological polar surface area (TPSA) is 65.0 Å². The summed E-state index contributed by atoms with van der Waals surface area (Å²) >= 11 is 0. The quantitative estimate of drug-likeness (QED) is 0.611. The van der Waals surface area contributed by atoms with Crippen LogP contribution in [0.2, 0.25) is 0 Å². The third-order valence-electron chi connectivity index (χ3n) is 3.30. The van der Waals surface area contributed by atoms with Gasteiger partial charge in [0.05, 0.1) is 13.0 Å². The van der Waals surface area contributed by atoms with Gasteiger partial charge in [0, 0.05) is 5.56 Å². The number of carbonyl (C=O) groups excluding carboxylic acids is 2. The van der Waals surface area contributed by atoms with Crippen LogP contribution in [0.3, 0.4) is 0 Å². The first-order valence-electron chi connectivity index (χ1n) is 6.65. The first-order chi connectivity index (χ1) is 9.63. The van der Waals surface area contributed by atoms with E-state index in [1.807, 2.05) is 13.0 Å². The number of Topliss-reactive ketones (excluding diaryl/α,β-unsaturated/α-hetero) is 1. The maximum absolute atomic E-state index is 12.3. The summed E-state index contributed by atoms with van der Waals surface area (Å²) in [5.41, 5.74) is -0.368. The van der Waals surface area contributed by atoms with Gasteiger partial charge in [-0.1, -0.05) is 42.4 Å². The van der Waals surface area contributed by atoms with Crippen LogP contribution in [0.5, 0.6) is 0 Å². The highest BCUT2D eigenvalue weighted by Crippen LogP contribution is 2.30. The molecule has 0 N–H and O–H groups in total. The molecule has 1 atom stereocenters. The molecule has 0 amide bonds. The molecule has 1 aromatic carbocycles. The number of ether oxygens (including phenoxy) is 1. The lowest BCUT2D eigenvalue weighted by Gasteiger charge is -2.22. The third kappa shape index (κ3) is 2.57. The van der Waals surface area contributed by atoms with E-state index < -0.39 is 11.6 Å². The number of rotatable bonds is 5. The van der Waals surface area contributed by atoms with Gasteiger partial charge >= 0.3 is 5.97 Å². The summed E-state index contributed by atoms with van der Waals surface area (Å²) < 4.78 is 5.01. The predicted octanol–water partition coefficient (Wildman–Crippen LogP) is 2.36. The molecule has 1 aromatic rings. The van der Waals surface area contributed by atoms with Gasteiger partial charge < -0.3 is 9.57 Å². The smallest absolute Gasteiger partial charge is 0.353 e. The van der Waals surface area contributed by atoms with Gasteiger partial charge in [0.2, 0.25) is 11.4 Å². The first kappa shape index (κ1) is 14.2. The summed E-state index contributed by atoms with van der Waals surface area (Å²) in [5, 5.41) is 3.81. The molecule has 2 rings (SSSR count). The Morgan fingerprint density at radius 2 is 2.00 bits per heavy atom. The van der Waals surface area contributed by atoms with Gasteiger partial charge in [-0.3, -0.25) is 4.79 Å². The molecule has 1 heterocycles.